The number of nitrogens with zero attached hydrogens (tertiary/aromatic N) is 4. The lowest BCUT2D eigenvalue weighted by molar-refractivity contribution is 0.381. The second-order valence-corrected chi connectivity index (χ2v) is 7.39. The van der Waals surface area contributed by atoms with E-state index < -0.39 is 0 Å². The van der Waals surface area contributed by atoms with Crippen LogP contribution in [0.5, 0.6) is 0 Å². The molecule has 1 saturated heterocycles. The van der Waals surface area contributed by atoms with Crippen molar-refractivity contribution < 1.29 is 4.39 Å². The molecule has 0 radical (unpaired) electrons. The van der Waals surface area contributed by atoms with Crippen LogP contribution in [0.3, 0.4) is 0 Å². The predicted molar refractivity (Wildman–Crippen MR) is 103 cm³/mol. The molecule has 1 N–H and O–H groups in total. The van der Waals surface area contributed by atoms with Crippen LogP contribution in [0.25, 0.3) is 5.78 Å². The molecule has 142 valence electrons. The van der Waals surface area contributed by atoms with Crippen LogP contribution in [-0.4, -0.2) is 32.7 Å². The second-order valence-electron chi connectivity index (χ2n) is 7.39. The van der Waals surface area contributed by atoms with Crippen LogP contribution in [0, 0.1) is 25.6 Å². The standard InChI is InChI=1S/C20H24FN5O/c1-13-18(19(27)26-20(22-13)23-14(2)24-26)25-10-8-15(9-11-25)6-7-16-4-3-5-17(21)12-16/h3-5,12,15H,6-11H2,1-2H3,(H,22,23,24). The van der Waals surface area contributed by atoms with Crippen molar-refractivity contribution in [3.05, 3.63) is 57.5 Å². The zero-order chi connectivity index (χ0) is 19.0. The molecule has 1 fully saturated rings. The van der Waals surface area contributed by atoms with Gasteiger partial charge in [0.1, 0.15) is 17.3 Å². The number of hydrogen-bond donors (Lipinski definition) is 1. The Bertz CT molecular complexity index is 1020. The van der Waals surface area contributed by atoms with Crippen molar-refractivity contribution in [1.29, 1.82) is 0 Å². The Hall–Kier alpha value is -2.70. The lowest BCUT2D eigenvalue weighted by Gasteiger charge is -2.33. The summed E-state index contributed by atoms with van der Waals surface area (Å²) in [6, 6.07) is 6.85. The lowest BCUT2D eigenvalue weighted by atomic mass is 9.90. The van der Waals surface area contributed by atoms with E-state index in [0.29, 0.717) is 23.2 Å². The summed E-state index contributed by atoms with van der Waals surface area (Å²) in [5, 5.41) is 2.96. The van der Waals surface area contributed by atoms with Crippen LogP contribution >= 0.6 is 0 Å². The van der Waals surface area contributed by atoms with Gasteiger partial charge in [-0.05, 0) is 63.1 Å². The SMILES string of the molecule is Cc1nc2nc(C)c(N3CCC(CCc4cccc(F)c4)CC3)c(=O)n2[nH]1. The molecular formula is C20H24FN5O. The molecule has 0 unspecified atom stereocenters. The number of aryl methyl sites for hydroxylation is 3. The topological polar surface area (TPSA) is 66.3 Å². The van der Waals surface area contributed by atoms with Gasteiger partial charge < -0.3 is 4.90 Å². The number of anilines is 1. The smallest absolute Gasteiger partial charge is 0.297 e. The summed E-state index contributed by atoms with van der Waals surface area (Å²) < 4.78 is 14.7. The third-order valence-electron chi connectivity index (χ3n) is 5.42. The number of halogens is 1. The maximum atomic E-state index is 13.3. The van der Waals surface area contributed by atoms with Crippen molar-refractivity contribution in [2.24, 2.45) is 5.92 Å². The van der Waals surface area contributed by atoms with Gasteiger partial charge in [0.05, 0.1) is 5.69 Å². The van der Waals surface area contributed by atoms with Crippen LogP contribution in [0.4, 0.5) is 10.1 Å². The number of hydrogen-bond acceptors (Lipinski definition) is 4. The number of rotatable bonds is 4. The Labute approximate surface area is 157 Å². The third kappa shape index (κ3) is 3.59. The predicted octanol–water partition coefficient (Wildman–Crippen LogP) is 3.02. The largest absolute Gasteiger partial charge is 0.366 e. The van der Waals surface area contributed by atoms with Gasteiger partial charge in [0.15, 0.2) is 0 Å². The minimum absolute atomic E-state index is 0.0867. The number of aromatic amines is 1. The number of benzene rings is 1. The van der Waals surface area contributed by atoms with E-state index in [-0.39, 0.29) is 11.4 Å². The van der Waals surface area contributed by atoms with Crippen LogP contribution in [0.1, 0.15) is 36.3 Å². The van der Waals surface area contributed by atoms with Crippen molar-refractivity contribution in [3.63, 3.8) is 0 Å². The number of fused-ring (bicyclic) bond motifs is 1. The summed E-state index contributed by atoms with van der Waals surface area (Å²) in [4.78, 5) is 23.7. The molecular weight excluding hydrogens is 345 g/mol. The van der Waals surface area contributed by atoms with Crippen molar-refractivity contribution in [3.8, 4) is 0 Å². The first-order chi connectivity index (χ1) is 13.0. The molecule has 1 aliphatic rings. The highest BCUT2D eigenvalue weighted by molar-refractivity contribution is 5.52. The van der Waals surface area contributed by atoms with Crippen molar-refractivity contribution >= 4 is 11.5 Å². The number of piperidine rings is 1. The van der Waals surface area contributed by atoms with Gasteiger partial charge >= 0.3 is 0 Å². The third-order valence-corrected chi connectivity index (χ3v) is 5.42. The fourth-order valence-corrected chi connectivity index (χ4v) is 3.99. The first-order valence-corrected chi connectivity index (χ1v) is 9.46. The summed E-state index contributed by atoms with van der Waals surface area (Å²) >= 11 is 0. The van der Waals surface area contributed by atoms with Gasteiger partial charge in [0, 0.05) is 13.1 Å². The summed E-state index contributed by atoms with van der Waals surface area (Å²) in [7, 11) is 0. The maximum absolute atomic E-state index is 13.3. The van der Waals surface area contributed by atoms with Crippen molar-refractivity contribution in [2.45, 2.75) is 39.5 Å². The molecule has 27 heavy (non-hydrogen) atoms. The lowest BCUT2D eigenvalue weighted by Crippen LogP contribution is -2.38. The van der Waals surface area contributed by atoms with E-state index in [1.165, 1.54) is 10.6 Å². The van der Waals surface area contributed by atoms with Gasteiger partial charge in [-0.2, -0.15) is 9.50 Å². The molecule has 0 atom stereocenters. The molecule has 1 aliphatic heterocycles. The zero-order valence-electron chi connectivity index (χ0n) is 15.7. The molecule has 3 heterocycles. The zero-order valence-corrected chi connectivity index (χ0v) is 15.7. The van der Waals surface area contributed by atoms with E-state index >= 15 is 0 Å². The van der Waals surface area contributed by atoms with Crippen molar-refractivity contribution in [2.75, 3.05) is 18.0 Å². The monoisotopic (exact) mass is 369 g/mol. The van der Waals surface area contributed by atoms with E-state index in [0.717, 1.165) is 50.0 Å². The van der Waals surface area contributed by atoms with Gasteiger partial charge in [-0.25, -0.2) is 9.37 Å². The molecule has 0 saturated carbocycles. The molecule has 2 aromatic heterocycles. The van der Waals surface area contributed by atoms with E-state index in [4.69, 9.17) is 0 Å². The average molecular weight is 369 g/mol. The molecule has 0 amide bonds. The van der Waals surface area contributed by atoms with Gasteiger partial charge in [0.2, 0.25) is 0 Å². The molecule has 0 spiro atoms. The van der Waals surface area contributed by atoms with E-state index in [1.807, 2.05) is 19.9 Å². The highest BCUT2D eigenvalue weighted by Crippen LogP contribution is 2.26. The average Bonchev–Trinajstić information content (AvgIpc) is 3.01. The van der Waals surface area contributed by atoms with Gasteiger partial charge in [0.25, 0.3) is 11.3 Å². The van der Waals surface area contributed by atoms with Gasteiger partial charge in [-0.3, -0.25) is 9.89 Å². The maximum Gasteiger partial charge on any atom is 0.297 e. The van der Waals surface area contributed by atoms with E-state index in [2.05, 4.69) is 20.0 Å². The highest BCUT2D eigenvalue weighted by Gasteiger charge is 2.24. The van der Waals surface area contributed by atoms with E-state index in [1.54, 1.807) is 12.1 Å². The Morgan fingerprint density at radius 2 is 2.00 bits per heavy atom. The Morgan fingerprint density at radius 3 is 2.74 bits per heavy atom. The number of nitrogens with one attached hydrogen (secondary N) is 1. The summed E-state index contributed by atoms with van der Waals surface area (Å²) in [5.74, 6) is 1.52. The van der Waals surface area contributed by atoms with Crippen molar-refractivity contribution in [1.82, 2.24) is 19.6 Å². The molecule has 3 aromatic rings. The first-order valence-electron chi connectivity index (χ1n) is 9.46. The molecule has 4 rings (SSSR count). The van der Waals surface area contributed by atoms with Crippen LogP contribution in [0.15, 0.2) is 29.1 Å². The minimum atomic E-state index is -0.171. The molecule has 0 aliphatic carbocycles. The number of aromatic nitrogens is 4. The highest BCUT2D eigenvalue weighted by atomic mass is 19.1. The fraction of sp³-hybridized carbons (Fsp3) is 0.450. The Morgan fingerprint density at radius 1 is 1.22 bits per heavy atom. The molecule has 0 bridgehead atoms. The Kier molecular flexibility index (Phi) is 4.68. The summed E-state index contributed by atoms with van der Waals surface area (Å²) in [6.45, 7) is 5.36. The number of H-pyrrole nitrogens is 1. The van der Waals surface area contributed by atoms with Crippen LogP contribution < -0.4 is 10.5 Å². The van der Waals surface area contributed by atoms with E-state index in [9.17, 15) is 9.18 Å². The fourth-order valence-electron chi connectivity index (χ4n) is 3.99. The molecule has 6 nitrogen and oxygen atoms in total. The van der Waals surface area contributed by atoms with Gasteiger partial charge in [-0.15, -0.1) is 0 Å². The first kappa shape index (κ1) is 17.7. The second kappa shape index (κ2) is 7.13. The quantitative estimate of drug-likeness (QED) is 0.768. The summed E-state index contributed by atoms with van der Waals surface area (Å²) in [5.41, 5.74) is 2.36. The van der Waals surface area contributed by atoms with Crippen LogP contribution in [-0.2, 0) is 6.42 Å². The minimum Gasteiger partial charge on any atom is -0.366 e. The normalized spacial score (nSPS) is 15.6. The molecule has 1 aromatic carbocycles. The summed E-state index contributed by atoms with van der Waals surface area (Å²) in [6.07, 6.45) is 4.00. The Balaban J connectivity index is 1.43. The van der Waals surface area contributed by atoms with Gasteiger partial charge in [-0.1, -0.05) is 12.1 Å². The van der Waals surface area contributed by atoms with Crippen LogP contribution in [0.2, 0.25) is 0 Å². The molecule has 7 heteroatoms.